The van der Waals surface area contributed by atoms with Gasteiger partial charge in [0.25, 0.3) is 0 Å². The zero-order valence-corrected chi connectivity index (χ0v) is 17.8. The van der Waals surface area contributed by atoms with Gasteiger partial charge >= 0.3 is 0 Å². The number of ether oxygens (including phenoxy) is 1. The number of carbonyl (C=O) groups excluding carboxylic acids is 1. The summed E-state index contributed by atoms with van der Waals surface area (Å²) in [6.07, 6.45) is 3.62. The molecule has 0 unspecified atom stereocenters. The second kappa shape index (κ2) is 10.1. The molecular formula is C22H27N4O2S+. The predicted molar refractivity (Wildman–Crippen MR) is 116 cm³/mol. The Morgan fingerprint density at radius 1 is 1.21 bits per heavy atom. The normalized spacial score (nSPS) is 12.0. The van der Waals surface area contributed by atoms with Crippen molar-refractivity contribution in [1.82, 2.24) is 14.9 Å². The number of imidazole rings is 1. The Morgan fingerprint density at radius 2 is 2.00 bits per heavy atom. The molecule has 0 aliphatic rings. The molecule has 152 valence electrons. The van der Waals surface area contributed by atoms with Gasteiger partial charge in [-0.15, -0.1) is 0 Å². The van der Waals surface area contributed by atoms with Gasteiger partial charge in [-0.2, -0.15) is 0 Å². The minimum Gasteiger partial charge on any atom is -0.497 e. The fraction of sp³-hybridized carbons (Fsp3) is 0.273. The molecule has 1 aromatic heterocycles. The molecule has 0 bridgehead atoms. The van der Waals surface area contributed by atoms with E-state index in [0.717, 1.165) is 16.6 Å². The molecule has 0 saturated heterocycles. The van der Waals surface area contributed by atoms with Gasteiger partial charge in [0.05, 0.1) is 39.2 Å². The van der Waals surface area contributed by atoms with Gasteiger partial charge in [-0.05, 0) is 12.1 Å². The van der Waals surface area contributed by atoms with Gasteiger partial charge in [-0.3, -0.25) is 9.36 Å². The highest BCUT2D eigenvalue weighted by molar-refractivity contribution is 7.99. The van der Waals surface area contributed by atoms with Crippen LogP contribution in [0.25, 0.3) is 5.69 Å². The molecule has 0 fully saturated rings. The van der Waals surface area contributed by atoms with Crippen LogP contribution in [0.15, 0.2) is 72.1 Å². The first-order chi connectivity index (χ1) is 14.1. The summed E-state index contributed by atoms with van der Waals surface area (Å²) < 4.78 is 7.25. The number of nitrogens with zero attached hydrogens (tertiary/aromatic N) is 2. The minimum absolute atomic E-state index is 0.00243. The van der Waals surface area contributed by atoms with E-state index >= 15 is 0 Å². The van der Waals surface area contributed by atoms with Crippen molar-refractivity contribution < 1.29 is 14.4 Å². The van der Waals surface area contributed by atoms with Crippen LogP contribution in [0, 0.1) is 0 Å². The smallest absolute Gasteiger partial charge is 0.230 e. The van der Waals surface area contributed by atoms with Crippen molar-refractivity contribution in [2.45, 2.75) is 11.2 Å². The summed E-state index contributed by atoms with van der Waals surface area (Å²) >= 11 is 1.42. The fourth-order valence-corrected chi connectivity index (χ4v) is 3.89. The molecule has 0 aliphatic heterocycles. The average Bonchev–Trinajstić information content (AvgIpc) is 3.21. The van der Waals surface area contributed by atoms with Crippen molar-refractivity contribution in [2.24, 2.45) is 0 Å². The van der Waals surface area contributed by atoms with Crippen molar-refractivity contribution in [1.29, 1.82) is 0 Å². The number of carbonyl (C=O) groups is 1. The lowest BCUT2D eigenvalue weighted by molar-refractivity contribution is -0.890. The number of hydrogen-bond acceptors (Lipinski definition) is 4. The Hall–Kier alpha value is -2.77. The molecule has 0 spiro atoms. The molecule has 3 aromatic rings. The number of likely N-dealkylation sites (N-methyl/N-ethyl adjacent to an activating group) is 1. The molecule has 29 heavy (non-hydrogen) atoms. The number of amides is 1. The Morgan fingerprint density at radius 3 is 2.72 bits per heavy atom. The van der Waals surface area contributed by atoms with E-state index in [-0.39, 0.29) is 11.9 Å². The maximum Gasteiger partial charge on any atom is 0.230 e. The molecule has 0 radical (unpaired) electrons. The summed E-state index contributed by atoms with van der Waals surface area (Å²) in [4.78, 5) is 18.1. The van der Waals surface area contributed by atoms with Gasteiger partial charge in [-0.1, -0.05) is 48.2 Å². The van der Waals surface area contributed by atoms with Crippen LogP contribution < -0.4 is 15.0 Å². The van der Waals surface area contributed by atoms with Crippen LogP contribution >= 0.6 is 11.8 Å². The van der Waals surface area contributed by atoms with Crippen LogP contribution in [0.2, 0.25) is 0 Å². The summed E-state index contributed by atoms with van der Waals surface area (Å²) in [6, 6.07) is 18.2. The van der Waals surface area contributed by atoms with Crippen LogP contribution in [0.4, 0.5) is 0 Å². The lowest BCUT2D eigenvalue weighted by Gasteiger charge is -2.22. The van der Waals surface area contributed by atoms with Crippen LogP contribution in [-0.4, -0.2) is 49.0 Å². The Bertz CT molecular complexity index is 927. The van der Waals surface area contributed by atoms with E-state index in [1.165, 1.54) is 22.2 Å². The monoisotopic (exact) mass is 411 g/mol. The summed E-state index contributed by atoms with van der Waals surface area (Å²) in [6.45, 7) is 0.593. The average molecular weight is 412 g/mol. The van der Waals surface area contributed by atoms with E-state index in [2.05, 4.69) is 36.5 Å². The third-order valence-electron chi connectivity index (χ3n) is 4.67. The third-order valence-corrected chi connectivity index (χ3v) is 5.64. The zero-order chi connectivity index (χ0) is 20.6. The van der Waals surface area contributed by atoms with Crippen molar-refractivity contribution in [3.63, 3.8) is 0 Å². The first kappa shape index (κ1) is 21.0. The van der Waals surface area contributed by atoms with E-state index in [1.807, 2.05) is 53.2 Å². The fourth-order valence-electron chi connectivity index (χ4n) is 3.09. The molecule has 2 aromatic carbocycles. The summed E-state index contributed by atoms with van der Waals surface area (Å²) in [7, 11) is 5.85. The quantitative estimate of drug-likeness (QED) is 0.529. The number of benzene rings is 2. The van der Waals surface area contributed by atoms with Crippen molar-refractivity contribution in [2.75, 3.05) is 33.5 Å². The number of hydrogen-bond donors (Lipinski definition) is 2. The number of quaternary nitrogens is 1. The molecule has 7 heteroatoms. The molecule has 2 N–H and O–H groups in total. The van der Waals surface area contributed by atoms with Gasteiger partial charge in [-0.25, -0.2) is 4.98 Å². The SMILES string of the molecule is COc1cccc(-n2ccnc2SCC(=O)NC[C@H](c2ccccc2)[NH+](C)C)c1. The van der Waals surface area contributed by atoms with E-state index in [1.54, 1.807) is 13.3 Å². The zero-order valence-electron chi connectivity index (χ0n) is 17.0. The lowest BCUT2D eigenvalue weighted by atomic mass is 10.1. The molecule has 1 atom stereocenters. The van der Waals surface area contributed by atoms with Crippen molar-refractivity contribution in [3.8, 4) is 11.4 Å². The van der Waals surface area contributed by atoms with Crippen molar-refractivity contribution in [3.05, 3.63) is 72.6 Å². The maximum atomic E-state index is 12.4. The summed E-state index contributed by atoms with van der Waals surface area (Å²) in [5.74, 6) is 1.09. The van der Waals surface area contributed by atoms with E-state index in [4.69, 9.17) is 4.74 Å². The second-order valence-electron chi connectivity index (χ2n) is 6.91. The number of rotatable bonds is 9. The highest BCUT2D eigenvalue weighted by Gasteiger charge is 2.18. The van der Waals surface area contributed by atoms with Gasteiger partial charge in [0, 0.05) is 24.0 Å². The first-order valence-corrected chi connectivity index (χ1v) is 10.5. The highest BCUT2D eigenvalue weighted by atomic mass is 32.2. The standard InChI is InChI=1S/C22H26N4O2S/c1-25(2)20(17-8-5-4-6-9-17)15-24-21(27)16-29-22-23-12-13-26(22)18-10-7-11-19(14-18)28-3/h4-14,20H,15-16H2,1-3H3,(H,24,27)/p+1/t20-/m1/s1. The second-order valence-corrected chi connectivity index (χ2v) is 7.86. The van der Waals surface area contributed by atoms with Crippen LogP contribution in [0.5, 0.6) is 5.75 Å². The van der Waals surface area contributed by atoms with Gasteiger partial charge in [0.15, 0.2) is 5.16 Å². The Balaban J connectivity index is 1.58. The van der Waals surface area contributed by atoms with Gasteiger partial charge < -0.3 is 15.0 Å². The third kappa shape index (κ3) is 5.62. The van der Waals surface area contributed by atoms with Crippen LogP contribution in [0.1, 0.15) is 11.6 Å². The Kier molecular flexibility index (Phi) is 7.32. The van der Waals surface area contributed by atoms with E-state index in [9.17, 15) is 4.79 Å². The molecule has 0 saturated carbocycles. The van der Waals surface area contributed by atoms with Gasteiger partial charge in [0.2, 0.25) is 5.91 Å². The summed E-state index contributed by atoms with van der Waals surface area (Å²) in [5.41, 5.74) is 2.17. The molecule has 1 amide bonds. The molecule has 0 aliphatic carbocycles. The van der Waals surface area contributed by atoms with Gasteiger partial charge in [0.1, 0.15) is 11.8 Å². The molecule has 6 nitrogen and oxygen atoms in total. The number of methoxy groups -OCH3 is 1. The number of aromatic nitrogens is 2. The first-order valence-electron chi connectivity index (χ1n) is 9.50. The van der Waals surface area contributed by atoms with E-state index < -0.39 is 0 Å². The minimum atomic E-state index is -0.00243. The summed E-state index contributed by atoms with van der Waals surface area (Å²) in [5, 5.41) is 3.83. The number of nitrogens with one attached hydrogen (secondary N) is 2. The van der Waals surface area contributed by atoms with Crippen molar-refractivity contribution >= 4 is 17.7 Å². The van der Waals surface area contributed by atoms with Crippen LogP contribution in [0.3, 0.4) is 0 Å². The lowest BCUT2D eigenvalue weighted by Crippen LogP contribution is -3.07. The topological polar surface area (TPSA) is 60.6 Å². The molecular weight excluding hydrogens is 384 g/mol. The number of thioether (sulfide) groups is 1. The van der Waals surface area contributed by atoms with Crippen LogP contribution in [-0.2, 0) is 4.79 Å². The highest BCUT2D eigenvalue weighted by Crippen LogP contribution is 2.23. The molecule has 1 heterocycles. The maximum absolute atomic E-state index is 12.4. The van der Waals surface area contributed by atoms with E-state index in [0.29, 0.717) is 12.3 Å². The predicted octanol–water partition coefficient (Wildman–Crippen LogP) is 1.97. The molecule has 3 rings (SSSR count). The largest absolute Gasteiger partial charge is 0.497 e. The Labute approximate surface area is 175 Å².